The fraction of sp³-hybridized carbons (Fsp3) is 0.421. The fourth-order valence-electron chi connectivity index (χ4n) is 2.12. The molecule has 0 aromatic heterocycles. The van der Waals surface area contributed by atoms with Crippen LogP contribution in [-0.4, -0.2) is 36.2 Å². The van der Waals surface area contributed by atoms with Gasteiger partial charge in [-0.05, 0) is 18.4 Å². The zero-order valence-corrected chi connectivity index (χ0v) is 15.5. The van der Waals surface area contributed by atoms with Crippen molar-refractivity contribution in [1.29, 1.82) is 10.7 Å². The third-order valence-corrected chi connectivity index (χ3v) is 3.65. The highest BCUT2D eigenvalue weighted by molar-refractivity contribution is 6.06. The molecule has 0 saturated carbocycles. The van der Waals surface area contributed by atoms with Crippen molar-refractivity contribution in [2.45, 2.75) is 33.4 Å². The molecule has 2 atom stereocenters. The molecule has 2 N–H and O–H groups in total. The summed E-state index contributed by atoms with van der Waals surface area (Å²) in [7, 11) is 0. The Morgan fingerprint density at radius 2 is 1.81 bits per heavy atom. The molecular weight excluding hydrogens is 350 g/mol. The lowest BCUT2D eigenvalue weighted by molar-refractivity contribution is -0.151. The summed E-state index contributed by atoms with van der Waals surface area (Å²) < 4.78 is 9.99. The van der Waals surface area contributed by atoms with Crippen LogP contribution in [0.5, 0.6) is 0 Å². The van der Waals surface area contributed by atoms with Gasteiger partial charge in [0.2, 0.25) is 0 Å². The minimum absolute atomic E-state index is 0.0491. The van der Waals surface area contributed by atoms with E-state index in [2.05, 4.69) is 5.32 Å². The summed E-state index contributed by atoms with van der Waals surface area (Å²) in [4.78, 5) is 36.0. The van der Waals surface area contributed by atoms with Crippen LogP contribution in [0.25, 0.3) is 0 Å². The average molecular weight is 373 g/mol. The average Bonchev–Trinajstić information content (AvgIpc) is 2.63. The van der Waals surface area contributed by atoms with Gasteiger partial charge in [-0.15, -0.1) is 0 Å². The Morgan fingerprint density at radius 3 is 2.33 bits per heavy atom. The first-order chi connectivity index (χ1) is 12.8. The summed E-state index contributed by atoms with van der Waals surface area (Å²) in [5, 5.41) is 18.7. The van der Waals surface area contributed by atoms with Gasteiger partial charge in [0.1, 0.15) is 18.6 Å². The number of ether oxygens (including phenoxy) is 2. The van der Waals surface area contributed by atoms with Gasteiger partial charge in [-0.25, -0.2) is 9.59 Å². The SMILES string of the molecule is CC(=N)[C@H](C#N)C(=O)COC(=O)[C@@H](NC(=O)OCc1ccccc1)C(C)C. The Bertz CT molecular complexity index is 725. The van der Waals surface area contributed by atoms with Gasteiger partial charge in [0, 0.05) is 5.71 Å². The van der Waals surface area contributed by atoms with Crippen LogP contribution in [0, 0.1) is 28.6 Å². The number of hydrogen-bond acceptors (Lipinski definition) is 7. The Morgan fingerprint density at radius 1 is 1.19 bits per heavy atom. The van der Waals surface area contributed by atoms with Crippen molar-refractivity contribution >= 4 is 23.6 Å². The van der Waals surface area contributed by atoms with Crippen LogP contribution in [0.2, 0.25) is 0 Å². The van der Waals surface area contributed by atoms with Crippen molar-refractivity contribution in [3.05, 3.63) is 35.9 Å². The number of rotatable bonds is 9. The number of carbonyl (C=O) groups is 3. The van der Waals surface area contributed by atoms with Crippen LogP contribution in [-0.2, 0) is 25.7 Å². The van der Waals surface area contributed by atoms with Crippen LogP contribution in [0.1, 0.15) is 26.3 Å². The molecule has 1 aromatic carbocycles. The van der Waals surface area contributed by atoms with Crippen LogP contribution < -0.4 is 5.32 Å². The highest BCUT2D eigenvalue weighted by Gasteiger charge is 2.28. The molecule has 0 radical (unpaired) electrons. The van der Waals surface area contributed by atoms with Gasteiger partial charge in [-0.2, -0.15) is 5.26 Å². The van der Waals surface area contributed by atoms with E-state index in [1.807, 2.05) is 18.2 Å². The summed E-state index contributed by atoms with van der Waals surface area (Å²) in [6, 6.07) is 9.73. The first kappa shape index (κ1) is 21.8. The number of nitrogens with zero attached hydrogens (tertiary/aromatic N) is 1. The molecule has 0 unspecified atom stereocenters. The standard InChI is InChI=1S/C19H23N3O5/c1-12(2)17(18(24)26-11-16(23)15(9-20)13(3)21)22-19(25)27-10-14-7-5-4-6-8-14/h4-8,12,15,17,21H,10-11H2,1-3H3,(H,22,25)/t15-,17-/m0/s1. The number of Topliss-reactive ketones (excluding diaryl/α,β-unsaturated/α-hetero) is 1. The minimum atomic E-state index is -1.25. The first-order valence-electron chi connectivity index (χ1n) is 8.37. The van der Waals surface area contributed by atoms with Crippen LogP contribution >= 0.6 is 0 Å². The predicted molar refractivity (Wildman–Crippen MR) is 96.9 cm³/mol. The van der Waals surface area contributed by atoms with E-state index in [-0.39, 0.29) is 18.2 Å². The molecule has 1 aromatic rings. The topological polar surface area (TPSA) is 129 Å². The molecule has 0 spiro atoms. The lowest BCUT2D eigenvalue weighted by atomic mass is 10.0. The zero-order valence-electron chi connectivity index (χ0n) is 15.5. The van der Waals surface area contributed by atoms with E-state index in [1.165, 1.54) is 6.92 Å². The van der Waals surface area contributed by atoms with Gasteiger partial charge in [-0.1, -0.05) is 44.2 Å². The quantitative estimate of drug-likeness (QED) is 0.504. The first-order valence-corrected chi connectivity index (χ1v) is 8.37. The second kappa shape index (κ2) is 10.7. The number of hydrogen-bond donors (Lipinski definition) is 2. The Hall–Kier alpha value is -3.21. The number of alkyl carbamates (subject to hydrolysis) is 1. The Labute approximate surface area is 158 Å². The smallest absolute Gasteiger partial charge is 0.408 e. The third-order valence-electron chi connectivity index (χ3n) is 3.65. The molecule has 0 aliphatic heterocycles. The molecule has 0 fully saturated rings. The van der Waals surface area contributed by atoms with Crippen molar-refractivity contribution in [3.8, 4) is 6.07 Å². The van der Waals surface area contributed by atoms with Gasteiger partial charge in [0.25, 0.3) is 0 Å². The lowest BCUT2D eigenvalue weighted by Crippen LogP contribution is -2.46. The summed E-state index contributed by atoms with van der Waals surface area (Å²) >= 11 is 0. The highest BCUT2D eigenvalue weighted by Crippen LogP contribution is 2.07. The molecular formula is C19H23N3O5. The van der Waals surface area contributed by atoms with Crippen molar-refractivity contribution in [1.82, 2.24) is 5.32 Å². The Balaban J connectivity index is 2.57. The predicted octanol–water partition coefficient (Wildman–Crippen LogP) is 2.23. The fourth-order valence-corrected chi connectivity index (χ4v) is 2.12. The summed E-state index contributed by atoms with van der Waals surface area (Å²) in [6.45, 7) is 4.13. The molecule has 27 heavy (non-hydrogen) atoms. The maximum Gasteiger partial charge on any atom is 0.408 e. The third kappa shape index (κ3) is 7.28. The number of ketones is 1. The van der Waals surface area contributed by atoms with Crippen LogP contribution in [0.15, 0.2) is 30.3 Å². The molecule has 8 nitrogen and oxygen atoms in total. The molecule has 144 valence electrons. The van der Waals surface area contributed by atoms with E-state index in [9.17, 15) is 14.4 Å². The van der Waals surface area contributed by atoms with E-state index in [0.717, 1.165) is 5.56 Å². The number of nitriles is 1. The molecule has 0 bridgehead atoms. The maximum absolute atomic E-state index is 12.2. The van der Waals surface area contributed by atoms with Crippen LogP contribution in [0.4, 0.5) is 4.79 Å². The second-order valence-corrected chi connectivity index (χ2v) is 6.25. The minimum Gasteiger partial charge on any atom is -0.456 e. The number of nitrogens with one attached hydrogen (secondary N) is 2. The van der Waals surface area contributed by atoms with Gasteiger partial charge < -0.3 is 20.2 Å². The molecule has 0 saturated heterocycles. The molecule has 1 amide bonds. The Kier molecular flexibility index (Phi) is 8.66. The lowest BCUT2D eigenvalue weighted by Gasteiger charge is -2.20. The van der Waals surface area contributed by atoms with E-state index >= 15 is 0 Å². The molecule has 0 aliphatic carbocycles. The van der Waals surface area contributed by atoms with Crippen molar-refractivity contribution in [3.63, 3.8) is 0 Å². The molecule has 1 rings (SSSR count). The van der Waals surface area contributed by atoms with Crippen LogP contribution in [0.3, 0.4) is 0 Å². The van der Waals surface area contributed by atoms with Gasteiger partial charge in [0.05, 0.1) is 6.07 Å². The van der Waals surface area contributed by atoms with Gasteiger partial charge in [0.15, 0.2) is 12.4 Å². The van der Waals surface area contributed by atoms with E-state index in [1.54, 1.807) is 32.0 Å². The maximum atomic E-state index is 12.2. The monoisotopic (exact) mass is 373 g/mol. The van der Waals surface area contributed by atoms with Crippen molar-refractivity contribution in [2.75, 3.05) is 6.61 Å². The van der Waals surface area contributed by atoms with Crippen molar-refractivity contribution < 1.29 is 23.9 Å². The number of carbonyl (C=O) groups excluding carboxylic acids is 3. The summed E-state index contributed by atoms with van der Waals surface area (Å²) in [6.07, 6.45) is -0.786. The number of benzene rings is 1. The van der Waals surface area contributed by atoms with E-state index < -0.39 is 36.4 Å². The highest BCUT2D eigenvalue weighted by atomic mass is 16.6. The van der Waals surface area contributed by atoms with Gasteiger partial charge >= 0.3 is 12.1 Å². The number of esters is 1. The zero-order chi connectivity index (χ0) is 20.4. The summed E-state index contributed by atoms with van der Waals surface area (Å²) in [5.41, 5.74) is 0.674. The molecule has 0 heterocycles. The summed E-state index contributed by atoms with van der Waals surface area (Å²) in [5.74, 6) is -3.06. The normalized spacial score (nSPS) is 12.4. The molecule has 0 aliphatic rings. The second-order valence-electron chi connectivity index (χ2n) is 6.25. The van der Waals surface area contributed by atoms with Crippen molar-refractivity contribution in [2.24, 2.45) is 11.8 Å². The molecule has 8 heteroatoms. The van der Waals surface area contributed by atoms with E-state index in [4.69, 9.17) is 20.1 Å². The van der Waals surface area contributed by atoms with E-state index in [0.29, 0.717) is 0 Å². The van der Waals surface area contributed by atoms with Gasteiger partial charge in [-0.3, -0.25) is 4.79 Å². The number of amides is 1. The largest absolute Gasteiger partial charge is 0.456 e.